The Morgan fingerprint density at radius 3 is 2.94 bits per heavy atom. The van der Waals surface area contributed by atoms with Gasteiger partial charge in [-0.1, -0.05) is 31.2 Å². The first kappa shape index (κ1) is 12.0. The molecule has 2 heteroatoms. The highest BCUT2D eigenvalue weighted by molar-refractivity contribution is 7.99. The van der Waals surface area contributed by atoms with E-state index < -0.39 is 0 Å². The standard InChI is InChI=1S/C14H21NS/c1-11-6-3-4-7-13(11)10-15-14-8-5-9-16-12(14)2/h3-4,6-7,12,14-15H,5,8-10H2,1-2H3. The van der Waals surface area contributed by atoms with Gasteiger partial charge in [-0.3, -0.25) is 0 Å². The third kappa shape index (κ3) is 3.02. The summed E-state index contributed by atoms with van der Waals surface area (Å²) in [7, 11) is 0. The molecule has 2 atom stereocenters. The number of nitrogens with one attached hydrogen (secondary N) is 1. The summed E-state index contributed by atoms with van der Waals surface area (Å²) < 4.78 is 0. The highest BCUT2D eigenvalue weighted by atomic mass is 32.2. The predicted molar refractivity (Wildman–Crippen MR) is 73.0 cm³/mol. The number of aryl methyl sites for hydroxylation is 1. The topological polar surface area (TPSA) is 12.0 Å². The first-order valence-corrected chi connectivity index (χ1v) is 7.22. The first-order chi connectivity index (χ1) is 7.77. The molecule has 1 nitrogen and oxygen atoms in total. The fraction of sp³-hybridized carbons (Fsp3) is 0.571. The van der Waals surface area contributed by atoms with Gasteiger partial charge in [-0.2, -0.15) is 11.8 Å². The van der Waals surface area contributed by atoms with Gasteiger partial charge in [0.05, 0.1) is 0 Å². The van der Waals surface area contributed by atoms with E-state index in [1.54, 1.807) is 0 Å². The molecule has 0 aromatic heterocycles. The zero-order valence-corrected chi connectivity index (χ0v) is 11.0. The molecule has 1 heterocycles. The van der Waals surface area contributed by atoms with E-state index in [1.807, 2.05) is 0 Å². The van der Waals surface area contributed by atoms with Crippen LogP contribution < -0.4 is 5.32 Å². The van der Waals surface area contributed by atoms with E-state index in [1.165, 1.54) is 29.7 Å². The molecule has 16 heavy (non-hydrogen) atoms. The van der Waals surface area contributed by atoms with Crippen molar-refractivity contribution >= 4 is 11.8 Å². The maximum absolute atomic E-state index is 3.71. The Balaban J connectivity index is 1.89. The van der Waals surface area contributed by atoms with Crippen molar-refractivity contribution in [3.63, 3.8) is 0 Å². The molecule has 1 saturated heterocycles. The molecule has 1 aliphatic heterocycles. The largest absolute Gasteiger partial charge is 0.309 e. The minimum Gasteiger partial charge on any atom is -0.309 e. The molecular weight excluding hydrogens is 214 g/mol. The Kier molecular flexibility index (Phi) is 4.30. The lowest BCUT2D eigenvalue weighted by Gasteiger charge is -2.29. The zero-order valence-electron chi connectivity index (χ0n) is 10.2. The van der Waals surface area contributed by atoms with Crippen molar-refractivity contribution in [3.8, 4) is 0 Å². The molecule has 2 rings (SSSR count). The van der Waals surface area contributed by atoms with Gasteiger partial charge in [0.15, 0.2) is 0 Å². The molecule has 1 aromatic carbocycles. The molecule has 2 unspecified atom stereocenters. The summed E-state index contributed by atoms with van der Waals surface area (Å²) in [6.45, 7) is 5.55. The Morgan fingerprint density at radius 1 is 1.38 bits per heavy atom. The Hall–Kier alpha value is -0.470. The smallest absolute Gasteiger partial charge is 0.0211 e. The molecule has 0 radical (unpaired) electrons. The average molecular weight is 235 g/mol. The molecule has 88 valence electrons. The minimum absolute atomic E-state index is 0.693. The second kappa shape index (κ2) is 5.74. The molecule has 0 amide bonds. The van der Waals surface area contributed by atoms with Gasteiger partial charge in [0, 0.05) is 17.8 Å². The maximum Gasteiger partial charge on any atom is 0.0211 e. The van der Waals surface area contributed by atoms with Gasteiger partial charge in [-0.15, -0.1) is 0 Å². The lowest BCUT2D eigenvalue weighted by molar-refractivity contribution is 0.461. The summed E-state index contributed by atoms with van der Waals surface area (Å²) in [5.41, 5.74) is 2.83. The first-order valence-electron chi connectivity index (χ1n) is 6.17. The van der Waals surface area contributed by atoms with E-state index in [0.29, 0.717) is 6.04 Å². The van der Waals surface area contributed by atoms with E-state index in [0.717, 1.165) is 11.8 Å². The lowest BCUT2D eigenvalue weighted by atomic mass is 10.1. The molecule has 1 N–H and O–H groups in total. The lowest BCUT2D eigenvalue weighted by Crippen LogP contribution is -2.38. The Bertz CT molecular complexity index is 337. The quantitative estimate of drug-likeness (QED) is 0.862. The van der Waals surface area contributed by atoms with Crippen molar-refractivity contribution in [2.24, 2.45) is 0 Å². The van der Waals surface area contributed by atoms with Crippen molar-refractivity contribution < 1.29 is 0 Å². The Morgan fingerprint density at radius 2 is 2.19 bits per heavy atom. The summed E-state index contributed by atoms with van der Waals surface area (Å²) in [4.78, 5) is 0. The monoisotopic (exact) mass is 235 g/mol. The number of rotatable bonds is 3. The van der Waals surface area contributed by atoms with Gasteiger partial charge in [0.2, 0.25) is 0 Å². The normalized spacial score (nSPS) is 25.6. The van der Waals surface area contributed by atoms with Crippen LogP contribution in [0, 0.1) is 6.92 Å². The van der Waals surface area contributed by atoms with Crippen LogP contribution in [0.4, 0.5) is 0 Å². The van der Waals surface area contributed by atoms with Gasteiger partial charge < -0.3 is 5.32 Å². The highest BCUT2D eigenvalue weighted by Crippen LogP contribution is 2.25. The summed E-state index contributed by atoms with van der Waals surface area (Å²) in [5.74, 6) is 1.34. The number of hydrogen-bond donors (Lipinski definition) is 1. The fourth-order valence-corrected chi connectivity index (χ4v) is 3.41. The molecule has 0 bridgehead atoms. The third-order valence-corrected chi connectivity index (χ3v) is 4.80. The Labute approximate surface area is 103 Å². The third-order valence-electron chi connectivity index (χ3n) is 3.42. The number of hydrogen-bond acceptors (Lipinski definition) is 2. The predicted octanol–water partition coefficient (Wildman–Crippen LogP) is 3.37. The van der Waals surface area contributed by atoms with Crippen molar-refractivity contribution in [2.75, 3.05) is 5.75 Å². The van der Waals surface area contributed by atoms with Crippen LogP contribution >= 0.6 is 11.8 Å². The average Bonchev–Trinajstić information content (AvgIpc) is 2.30. The van der Waals surface area contributed by atoms with E-state index in [4.69, 9.17) is 0 Å². The summed E-state index contributed by atoms with van der Waals surface area (Å²) in [5, 5.41) is 4.47. The maximum atomic E-state index is 3.71. The highest BCUT2D eigenvalue weighted by Gasteiger charge is 2.20. The van der Waals surface area contributed by atoms with Crippen LogP contribution in [0.3, 0.4) is 0 Å². The van der Waals surface area contributed by atoms with E-state index in [9.17, 15) is 0 Å². The minimum atomic E-state index is 0.693. The van der Waals surface area contributed by atoms with Crippen molar-refractivity contribution in [1.82, 2.24) is 5.32 Å². The van der Waals surface area contributed by atoms with Gasteiger partial charge >= 0.3 is 0 Å². The van der Waals surface area contributed by atoms with Crippen LogP contribution in [0.1, 0.15) is 30.9 Å². The molecule has 1 aromatic rings. The number of benzene rings is 1. The fourth-order valence-electron chi connectivity index (χ4n) is 2.24. The van der Waals surface area contributed by atoms with Crippen LogP contribution in [0.2, 0.25) is 0 Å². The second-order valence-electron chi connectivity index (χ2n) is 4.63. The van der Waals surface area contributed by atoms with E-state index >= 15 is 0 Å². The van der Waals surface area contributed by atoms with Crippen molar-refractivity contribution in [2.45, 2.75) is 44.5 Å². The van der Waals surface area contributed by atoms with Crippen LogP contribution in [-0.2, 0) is 6.54 Å². The molecular formula is C14H21NS. The van der Waals surface area contributed by atoms with Crippen LogP contribution in [-0.4, -0.2) is 17.0 Å². The molecule has 1 fully saturated rings. The van der Waals surface area contributed by atoms with Crippen LogP contribution in [0.15, 0.2) is 24.3 Å². The van der Waals surface area contributed by atoms with Gasteiger partial charge in [0.25, 0.3) is 0 Å². The molecule has 1 aliphatic rings. The molecule has 0 spiro atoms. The van der Waals surface area contributed by atoms with Crippen LogP contribution in [0.5, 0.6) is 0 Å². The summed E-state index contributed by atoms with van der Waals surface area (Å²) in [6, 6.07) is 9.35. The van der Waals surface area contributed by atoms with Gasteiger partial charge in [0.1, 0.15) is 0 Å². The van der Waals surface area contributed by atoms with Crippen molar-refractivity contribution in [3.05, 3.63) is 35.4 Å². The van der Waals surface area contributed by atoms with Gasteiger partial charge in [-0.05, 0) is 36.6 Å². The van der Waals surface area contributed by atoms with Crippen molar-refractivity contribution in [1.29, 1.82) is 0 Å². The summed E-state index contributed by atoms with van der Waals surface area (Å²) >= 11 is 2.10. The SMILES string of the molecule is Cc1ccccc1CNC1CCCSC1C. The summed E-state index contributed by atoms with van der Waals surface area (Å²) in [6.07, 6.45) is 2.69. The van der Waals surface area contributed by atoms with Gasteiger partial charge in [-0.25, -0.2) is 0 Å². The molecule has 0 aliphatic carbocycles. The zero-order chi connectivity index (χ0) is 11.4. The second-order valence-corrected chi connectivity index (χ2v) is 6.12. The number of thioether (sulfide) groups is 1. The molecule has 0 saturated carbocycles. The van der Waals surface area contributed by atoms with E-state index in [2.05, 4.69) is 55.2 Å². The van der Waals surface area contributed by atoms with Crippen LogP contribution in [0.25, 0.3) is 0 Å². The van der Waals surface area contributed by atoms with E-state index in [-0.39, 0.29) is 0 Å².